The Labute approximate surface area is 166 Å². The Morgan fingerprint density at radius 1 is 1.21 bits per heavy atom. The summed E-state index contributed by atoms with van der Waals surface area (Å²) in [6.45, 7) is 2.05. The van der Waals surface area contributed by atoms with E-state index in [-0.39, 0.29) is 11.4 Å². The molecule has 1 heterocycles. The summed E-state index contributed by atoms with van der Waals surface area (Å²) in [5.74, 6) is 1.46. The molecule has 0 amide bonds. The van der Waals surface area contributed by atoms with Gasteiger partial charge in [-0.2, -0.15) is 9.78 Å². The summed E-state index contributed by atoms with van der Waals surface area (Å²) in [6.07, 6.45) is 3.20. The van der Waals surface area contributed by atoms with Gasteiger partial charge in [0, 0.05) is 29.9 Å². The van der Waals surface area contributed by atoms with E-state index in [2.05, 4.69) is 22.2 Å². The zero-order valence-corrected chi connectivity index (χ0v) is 16.0. The Kier molecular flexibility index (Phi) is 6.38. The van der Waals surface area contributed by atoms with Gasteiger partial charge in [-0.25, -0.2) is 0 Å². The number of phenolic OH excluding ortho intramolecular Hbond substituents is 1. The smallest absolute Gasteiger partial charge is 0.269 e. The number of hydrogen-bond donors (Lipinski definition) is 1. The molecule has 0 atom stereocenters. The van der Waals surface area contributed by atoms with Crippen LogP contribution in [0.3, 0.4) is 0 Å². The van der Waals surface area contributed by atoms with Crippen molar-refractivity contribution in [1.29, 1.82) is 0 Å². The number of phenols is 1. The third-order valence-electron chi connectivity index (χ3n) is 3.91. The van der Waals surface area contributed by atoms with Crippen LogP contribution in [0.2, 0.25) is 0 Å². The van der Waals surface area contributed by atoms with Gasteiger partial charge in [0.25, 0.3) is 5.69 Å². The number of nitro groups is 1. The molecule has 0 aliphatic carbocycles. The third kappa shape index (κ3) is 4.74. The van der Waals surface area contributed by atoms with Gasteiger partial charge in [0.2, 0.25) is 5.16 Å². The lowest BCUT2D eigenvalue weighted by Crippen LogP contribution is -2.00. The van der Waals surface area contributed by atoms with Crippen LogP contribution in [0.1, 0.15) is 30.3 Å². The van der Waals surface area contributed by atoms with Crippen molar-refractivity contribution >= 4 is 23.7 Å². The highest BCUT2D eigenvalue weighted by Crippen LogP contribution is 2.24. The first kappa shape index (κ1) is 19.6. The molecule has 144 valence electrons. The fourth-order valence-electron chi connectivity index (χ4n) is 2.46. The molecule has 0 unspecified atom stereocenters. The molecule has 0 radical (unpaired) electrons. The van der Waals surface area contributed by atoms with Gasteiger partial charge < -0.3 is 5.11 Å². The number of aromatic nitrogens is 3. The number of nitrogens with zero attached hydrogens (tertiary/aromatic N) is 5. The molecule has 2 aromatic carbocycles. The zero-order valence-electron chi connectivity index (χ0n) is 15.2. The van der Waals surface area contributed by atoms with Crippen molar-refractivity contribution in [3.05, 3.63) is 75.6 Å². The maximum absolute atomic E-state index is 10.8. The molecule has 0 bridgehead atoms. The topological polar surface area (TPSA) is 106 Å². The predicted molar refractivity (Wildman–Crippen MR) is 108 cm³/mol. The molecule has 0 aliphatic heterocycles. The average Bonchev–Trinajstić information content (AvgIpc) is 3.08. The van der Waals surface area contributed by atoms with Crippen LogP contribution in [0.25, 0.3) is 0 Å². The Balaban J connectivity index is 1.79. The van der Waals surface area contributed by atoms with E-state index < -0.39 is 4.92 Å². The summed E-state index contributed by atoms with van der Waals surface area (Å²) in [5.41, 5.74) is 1.60. The number of aromatic hydroxyl groups is 1. The lowest BCUT2D eigenvalue weighted by molar-refractivity contribution is -0.384. The lowest BCUT2D eigenvalue weighted by Gasteiger charge is -2.04. The first-order valence-electron chi connectivity index (χ1n) is 8.71. The van der Waals surface area contributed by atoms with E-state index in [4.69, 9.17) is 0 Å². The first-order valence-corrected chi connectivity index (χ1v) is 9.69. The van der Waals surface area contributed by atoms with Crippen molar-refractivity contribution in [2.24, 2.45) is 5.10 Å². The molecule has 9 heteroatoms. The van der Waals surface area contributed by atoms with E-state index in [1.165, 1.54) is 23.9 Å². The average molecular weight is 397 g/mol. The largest absolute Gasteiger partial charge is 0.507 e. The molecule has 0 saturated heterocycles. The van der Waals surface area contributed by atoms with Gasteiger partial charge in [0.15, 0.2) is 5.82 Å². The first-order chi connectivity index (χ1) is 13.6. The van der Waals surface area contributed by atoms with Crippen molar-refractivity contribution in [2.45, 2.75) is 30.7 Å². The van der Waals surface area contributed by atoms with Crippen LogP contribution in [0.5, 0.6) is 5.75 Å². The van der Waals surface area contributed by atoms with Crippen molar-refractivity contribution in [1.82, 2.24) is 14.9 Å². The molecule has 0 saturated carbocycles. The molecule has 0 aliphatic rings. The van der Waals surface area contributed by atoms with E-state index in [9.17, 15) is 15.2 Å². The maximum Gasteiger partial charge on any atom is 0.269 e. The van der Waals surface area contributed by atoms with Crippen LogP contribution >= 0.6 is 11.8 Å². The molecule has 8 nitrogen and oxygen atoms in total. The number of aryl methyl sites for hydroxylation is 1. The second-order valence-electron chi connectivity index (χ2n) is 5.98. The highest BCUT2D eigenvalue weighted by Gasteiger charge is 2.12. The Bertz CT molecular complexity index is 985. The Morgan fingerprint density at radius 2 is 1.96 bits per heavy atom. The van der Waals surface area contributed by atoms with Gasteiger partial charge in [0.1, 0.15) is 5.75 Å². The molecule has 3 aromatic rings. The molecule has 0 spiro atoms. The number of hydrogen-bond acceptors (Lipinski definition) is 7. The van der Waals surface area contributed by atoms with Gasteiger partial charge in [-0.15, -0.1) is 10.2 Å². The summed E-state index contributed by atoms with van der Waals surface area (Å²) in [5, 5.41) is 34.2. The summed E-state index contributed by atoms with van der Waals surface area (Å²) in [6, 6.07) is 13.4. The van der Waals surface area contributed by atoms with E-state index in [0.29, 0.717) is 16.5 Å². The standard InChI is InChI=1S/C19H19N5O3S/c1-2-5-18-21-22-19(23(18)20-12-15-6-3-4-7-17(15)25)28-13-14-8-10-16(11-9-14)24(26)27/h3-4,6-12,25H,2,5,13H2,1H3/b20-12+. The minimum atomic E-state index is -0.418. The molecule has 1 aromatic heterocycles. The van der Waals surface area contributed by atoms with Crippen molar-refractivity contribution in [3.8, 4) is 5.75 Å². The quantitative estimate of drug-likeness (QED) is 0.266. The van der Waals surface area contributed by atoms with E-state index in [1.807, 2.05) is 6.07 Å². The zero-order chi connectivity index (χ0) is 19.9. The van der Waals surface area contributed by atoms with Crippen LogP contribution < -0.4 is 0 Å². The number of thioether (sulfide) groups is 1. The fraction of sp³-hybridized carbons (Fsp3) is 0.211. The number of non-ortho nitro benzene ring substituents is 1. The normalized spacial score (nSPS) is 11.2. The second-order valence-corrected chi connectivity index (χ2v) is 6.92. The maximum atomic E-state index is 10.8. The second kappa shape index (κ2) is 9.14. The highest BCUT2D eigenvalue weighted by atomic mass is 32.2. The van der Waals surface area contributed by atoms with Crippen LogP contribution in [-0.2, 0) is 12.2 Å². The number of rotatable bonds is 8. The van der Waals surface area contributed by atoms with Crippen LogP contribution in [0.4, 0.5) is 5.69 Å². The van der Waals surface area contributed by atoms with Gasteiger partial charge in [-0.1, -0.05) is 43.0 Å². The van der Waals surface area contributed by atoms with Gasteiger partial charge in [-0.3, -0.25) is 10.1 Å². The van der Waals surface area contributed by atoms with Gasteiger partial charge >= 0.3 is 0 Å². The molecular formula is C19H19N5O3S. The monoisotopic (exact) mass is 397 g/mol. The van der Waals surface area contributed by atoms with Crippen molar-refractivity contribution < 1.29 is 10.0 Å². The Hall–Kier alpha value is -3.20. The minimum absolute atomic E-state index is 0.0643. The van der Waals surface area contributed by atoms with Crippen LogP contribution in [0, 0.1) is 10.1 Å². The van der Waals surface area contributed by atoms with Gasteiger partial charge in [-0.05, 0) is 24.1 Å². The van der Waals surface area contributed by atoms with Gasteiger partial charge in [0.05, 0.1) is 11.1 Å². The minimum Gasteiger partial charge on any atom is -0.507 e. The van der Waals surface area contributed by atoms with Crippen molar-refractivity contribution in [3.63, 3.8) is 0 Å². The predicted octanol–water partition coefficient (Wildman–Crippen LogP) is 4.02. The van der Waals surface area contributed by atoms with E-state index in [0.717, 1.165) is 24.2 Å². The lowest BCUT2D eigenvalue weighted by atomic mass is 10.2. The van der Waals surface area contributed by atoms with Crippen molar-refractivity contribution in [2.75, 3.05) is 0 Å². The summed E-state index contributed by atoms with van der Waals surface area (Å²) in [4.78, 5) is 10.3. The summed E-state index contributed by atoms with van der Waals surface area (Å²) in [7, 11) is 0. The van der Waals surface area contributed by atoms with E-state index in [1.54, 1.807) is 41.2 Å². The highest BCUT2D eigenvalue weighted by molar-refractivity contribution is 7.98. The molecule has 3 rings (SSSR count). The number of nitro benzene ring substituents is 1. The van der Waals surface area contributed by atoms with Crippen LogP contribution in [-0.4, -0.2) is 31.1 Å². The fourth-order valence-corrected chi connectivity index (χ4v) is 3.32. The Morgan fingerprint density at radius 3 is 2.64 bits per heavy atom. The van der Waals surface area contributed by atoms with E-state index >= 15 is 0 Å². The number of para-hydroxylation sites is 1. The summed E-state index contributed by atoms with van der Waals surface area (Å²) >= 11 is 1.44. The molecule has 1 N–H and O–H groups in total. The molecule has 0 fully saturated rings. The molecule has 28 heavy (non-hydrogen) atoms. The third-order valence-corrected chi connectivity index (χ3v) is 4.90. The molecular weight excluding hydrogens is 378 g/mol. The number of benzene rings is 2. The summed E-state index contributed by atoms with van der Waals surface area (Å²) < 4.78 is 1.67. The SMILES string of the molecule is CCCc1nnc(SCc2ccc([N+](=O)[O-])cc2)n1/N=C/c1ccccc1O. The van der Waals surface area contributed by atoms with Crippen LogP contribution in [0.15, 0.2) is 58.8 Å².